The fourth-order valence-corrected chi connectivity index (χ4v) is 0.785. The maximum atomic E-state index is 9.04. The predicted molar refractivity (Wildman–Crippen MR) is 43.1 cm³/mol. The van der Waals surface area contributed by atoms with E-state index in [1.54, 1.807) is 6.08 Å². The van der Waals surface area contributed by atoms with Crippen LogP contribution in [0.4, 0.5) is 0 Å². The Balaban J connectivity index is 3.04. The van der Waals surface area contributed by atoms with Gasteiger partial charge in [-0.3, -0.25) is 0 Å². The zero-order valence-corrected chi connectivity index (χ0v) is 6.71. The SMILES string of the molecule is C=CCN(O)CCCCC. The highest BCUT2D eigenvalue weighted by atomic mass is 16.5. The molecule has 2 nitrogen and oxygen atoms in total. The molecule has 0 heterocycles. The minimum Gasteiger partial charge on any atom is -0.314 e. The van der Waals surface area contributed by atoms with Crippen LogP contribution in [0.25, 0.3) is 0 Å². The number of unbranched alkanes of at least 4 members (excludes halogenated alkanes) is 2. The van der Waals surface area contributed by atoms with Gasteiger partial charge in [-0.25, -0.2) is 0 Å². The van der Waals surface area contributed by atoms with Crippen molar-refractivity contribution in [3.63, 3.8) is 0 Å². The second-order valence-corrected chi connectivity index (χ2v) is 2.41. The maximum absolute atomic E-state index is 9.04. The third-order valence-corrected chi connectivity index (χ3v) is 1.36. The molecule has 0 spiro atoms. The smallest absolute Gasteiger partial charge is 0.0416 e. The van der Waals surface area contributed by atoms with Crippen LogP contribution in [0.15, 0.2) is 12.7 Å². The topological polar surface area (TPSA) is 23.5 Å². The highest BCUT2D eigenvalue weighted by Crippen LogP contribution is 1.95. The number of hydroxylamine groups is 2. The van der Waals surface area contributed by atoms with E-state index in [4.69, 9.17) is 5.21 Å². The van der Waals surface area contributed by atoms with Crippen molar-refractivity contribution in [2.45, 2.75) is 26.2 Å². The first-order valence-electron chi connectivity index (χ1n) is 3.86. The van der Waals surface area contributed by atoms with Crippen molar-refractivity contribution in [3.05, 3.63) is 12.7 Å². The van der Waals surface area contributed by atoms with Crippen molar-refractivity contribution in [3.8, 4) is 0 Å². The molecule has 0 amide bonds. The summed E-state index contributed by atoms with van der Waals surface area (Å²) in [5.41, 5.74) is 0. The molecule has 0 aromatic heterocycles. The Bertz CT molecular complexity index is 83.3. The zero-order valence-electron chi connectivity index (χ0n) is 6.71. The fourth-order valence-electron chi connectivity index (χ4n) is 0.785. The van der Waals surface area contributed by atoms with Crippen molar-refractivity contribution in [2.75, 3.05) is 13.1 Å². The van der Waals surface area contributed by atoms with Crippen LogP contribution in [0.3, 0.4) is 0 Å². The predicted octanol–water partition coefficient (Wildman–Crippen LogP) is 2.05. The first-order chi connectivity index (χ1) is 4.81. The van der Waals surface area contributed by atoms with Crippen LogP contribution in [0.5, 0.6) is 0 Å². The van der Waals surface area contributed by atoms with E-state index in [9.17, 15) is 0 Å². The van der Waals surface area contributed by atoms with Gasteiger partial charge in [0.2, 0.25) is 0 Å². The number of hydrogen-bond donors (Lipinski definition) is 1. The molecule has 10 heavy (non-hydrogen) atoms. The monoisotopic (exact) mass is 143 g/mol. The van der Waals surface area contributed by atoms with Crippen molar-refractivity contribution >= 4 is 0 Å². The van der Waals surface area contributed by atoms with Gasteiger partial charge in [-0.05, 0) is 6.42 Å². The van der Waals surface area contributed by atoms with Crippen molar-refractivity contribution < 1.29 is 5.21 Å². The van der Waals surface area contributed by atoms with E-state index in [-0.39, 0.29) is 0 Å². The normalized spacial score (nSPS) is 10.3. The Morgan fingerprint density at radius 1 is 1.50 bits per heavy atom. The molecular weight excluding hydrogens is 126 g/mol. The largest absolute Gasteiger partial charge is 0.314 e. The van der Waals surface area contributed by atoms with Gasteiger partial charge in [0.05, 0.1) is 0 Å². The highest BCUT2D eigenvalue weighted by Gasteiger charge is 1.94. The van der Waals surface area contributed by atoms with Gasteiger partial charge in [0.25, 0.3) is 0 Å². The summed E-state index contributed by atoms with van der Waals surface area (Å²) < 4.78 is 0. The average molecular weight is 143 g/mol. The van der Waals surface area contributed by atoms with Crippen LogP contribution in [0.2, 0.25) is 0 Å². The molecule has 0 aliphatic carbocycles. The second-order valence-electron chi connectivity index (χ2n) is 2.41. The number of rotatable bonds is 6. The van der Waals surface area contributed by atoms with Crippen LogP contribution in [-0.4, -0.2) is 23.4 Å². The van der Waals surface area contributed by atoms with Gasteiger partial charge in [0, 0.05) is 13.1 Å². The first-order valence-corrected chi connectivity index (χ1v) is 3.86. The van der Waals surface area contributed by atoms with E-state index in [1.165, 1.54) is 17.9 Å². The van der Waals surface area contributed by atoms with E-state index < -0.39 is 0 Å². The Kier molecular flexibility index (Phi) is 6.55. The van der Waals surface area contributed by atoms with Crippen LogP contribution in [0.1, 0.15) is 26.2 Å². The van der Waals surface area contributed by atoms with Crippen LogP contribution in [0, 0.1) is 0 Å². The fraction of sp³-hybridized carbons (Fsp3) is 0.750. The lowest BCUT2D eigenvalue weighted by atomic mass is 10.2. The Hall–Kier alpha value is -0.340. The summed E-state index contributed by atoms with van der Waals surface area (Å²) in [4.78, 5) is 0. The summed E-state index contributed by atoms with van der Waals surface area (Å²) in [6, 6.07) is 0. The molecule has 0 aromatic rings. The molecule has 0 saturated heterocycles. The van der Waals surface area contributed by atoms with Gasteiger partial charge in [-0.1, -0.05) is 25.8 Å². The van der Waals surface area contributed by atoms with Crippen LogP contribution < -0.4 is 0 Å². The van der Waals surface area contributed by atoms with Crippen LogP contribution in [-0.2, 0) is 0 Å². The molecule has 0 saturated carbocycles. The van der Waals surface area contributed by atoms with E-state index in [1.807, 2.05) is 0 Å². The molecule has 1 N–H and O–H groups in total. The number of nitrogens with zero attached hydrogens (tertiary/aromatic N) is 1. The summed E-state index contributed by atoms with van der Waals surface area (Å²) in [5.74, 6) is 0. The lowest BCUT2D eigenvalue weighted by Crippen LogP contribution is -2.20. The molecule has 60 valence electrons. The Morgan fingerprint density at radius 3 is 2.70 bits per heavy atom. The molecule has 0 aliphatic rings. The van der Waals surface area contributed by atoms with Gasteiger partial charge < -0.3 is 5.21 Å². The highest BCUT2D eigenvalue weighted by molar-refractivity contribution is 4.68. The van der Waals surface area contributed by atoms with E-state index in [0.717, 1.165) is 13.0 Å². The summed E-state index contributed by atoms with van der Waals surface area (Å²) in [6.07, 6.45) is 5.16. The molecule has 0 radical (unpaired) electrons. The van der Waals surface area contributed by atoms with E-state index in [0.29, 0.717) is 6.54 Å². The average Bonchev–Trinajstić information content (AvgIpc) is 1.89. The molecule has 0 aromatic carbocycles. The zero-order chi connectivity index (χ0) is 7.82. The molecular formula is C8H17NO. The van der Waals surface area contributed by atoms with E-state index in [2.05, 4.69) is 13.5 Å². The summed E-state index contributed by atoms with van der Waals surface area (Å²) in [5, 5.41) is 10.3. The van der Waals surface area contributed by atoms with Crippen LogP contribution >= 0.6 is 0 Å². The lowest BCUT2D eigenvalue weighted by molar-refractivity contribution is -0.0809. The van der Waals surface area contributed by atoms with Crippen molar-refractivity contribution in [2.24, 2.45) is 0 Å². The minimum atomic E-state index is 0.573. The number of hydrogen-bond acceptors (Lipinski definition) is 2. The summed E-state index contributed by atoms with van der Waals surface area (Å²) in [6.45, 7) is 7.01. The Labute approximate surface area is 63.1 Å². The van der Waals surface area contributed by atoms with Gasteiger partial charge in [0.1, 0.15) is 0 Å². The Morgan fingerprint density at radius 2 is 2.20 bits per heavy atom. The van der Waals surface area contributed by atoms with Gasteiger partial charge in [-0.2, -0.15) is 5.06 Å². The molecule has 0 rings (SSSR count). The lowest BCUT2D eigenvalue weighted by Gasteiger charge is -2.10. The maximum Gasteiger partial charge on any atom is 0.0416 e. The molecule has 0 bridgehead atoms. The van der Waals surface area contributed by atoms with E-state index >= 15 is 0 Å². The third kappa shape index (κ3) is 5.79. The van der Waals surface area contributed by atoms with Gasteiger partial charge in [0.15, 0.2) is 0 Å². The molecule has 0 aliphatic heterocycles. The van der Waals surface area contributed by atoms with Gasteiger partial charge in [-0.15, -0.1) is 6.58 Å². The second kappa shape index (κ2) is 6.78. The molecule has 0 unspecified atom stereocenters. The van der Waals surface area contributed by atoms with Crippen molar-refractivity contribution in [1.82, 2.24) is 5.06 Å². The summed E-state index contributed by atoms with van der Waals surface area (Å²) >= 11 is 0. The van der Waals surface area contributed by atoms with Gasteiger partial charge >= 0.3 is 0 Å². The minimum absolute atomic E-state index is 0.573. The third-order valence-electron chi connectivity index (χ3n) is 1.36. The molecule has 2 heteroatoms. The quantitative estimate of drug-likeness (QED) is 0.349. The first kappa shape index (κ1) is 9.66. The summed E-state index contributed by atoms with van der Waals surface area (Å²) in [7, 11) is 0. The standard InChI is InChI=1S/C8H17NO/c1-3-5-6-8-9(10)7-4-2/h4,10H,2-3,5-8H2,1H3. The molecule has 0 atom stereocenters. The molecule has 0 fully saturated rings. The van der Waals surface area contributed by atoms with Crippen molar-refractivity contribution in [1.29, 1.82) is 0 Å².